The number of benzene rings is 1. The van der Waals surface area contributed by atoms with Crippen molar-refractivity contribution < 1.29 is 4.39 Å². The molecule has 3 atom stereocenters. The first-order chi connectivity index (χ1) is 13.0. The Bertz CT molecular complexity index is 756. The van der Waals surface area contributed by atoms with Gasteiger partial charge in [-0.05, 0) is 85.5 Å². The van der Waals surface area contributed by atoms with Crippen LogP contribution in [0.5, 0.6) is 0 Å². The minimum atomic E-state index is -0.0326. The van der Waals surface area contributed by atoms with Crippen LogP contribution in [0.4, 0.5) is 4.39 Å². The number of aryl methyl sites for hydroxylation is 1. The van der Waals surface area contributed by atoms with Crippen LogP contribution in [0, 0.1) is 29.5 Å². The zero-order chi connectivity index (χ0) is 21.3. The highest BCUT2D eigenvalue weighted by Gasteiger charge is 2.80. The summed E-state index contributed by atoms with van der Waals surface area (Å²) in [6.07, 6.45) is 9.39. The summed E-state index contributed by atoms with van der Waals surface area (Å²) in [5.41, 5.74) is 4.79. The van der Waals surface area contributed by atoms with Gasteiger partial charge >= 0.3 is 0 Å². The van der Waals surface area contributed by atoms with Crippen LogP contribution in [-0.2, 0) is 11.8 Å². The Labute approximate surface area is 173 Å². The lowest BCUT2D eigenvalue weighted by Crippen LogP contribution is -2.20. The average molecular weight is 385 g/mol. The molecule has 0 radical (unpaired) electrons. The van der Waals surface area contributed by atoms with Crippen molar-refractivity contribution in [3.8, 4) is 0 Å². The van der Waals surface area contributed by atoms with Crippen LogP contribution in [0.1, 0.15) is 90.8 Å². The van der Waals surface area contributed by atoms with E-state index in [1.165, 1.54) is 11.1 Å². The van der Waals surface area contributed by atoms with Gasteiger partial charge < -0.3 is 0 Å². The van der Waals surface area contributed by atoms with Gasteiger partial charge in [0.15, 0.2) is 0 Å². The summed E-state index contributed by atoms with van der Waals surface area (Å²) in [5, 5.41) is 0. The van der Waals surface area contributed by atoms with Gasteiger partial charge in [-0.1, -0.05) is 71.9 Å². The molecule has 1 fully saturated rings. The first-order valence-electron chi connectivity index (χ1n) is 11.1. The molecule has 1 aromatic carbocycles. The van der Waals surface area contributed by atoms with E-state index in [0.29, 0.717) is 5.92 Å². The van der Waals surface area contributed by atoms with Gasteiger partial charge in [0, 0.05) is 5.41 Å². The molecule has 28 heavy (non-hydrogen) atoms. The molecule has 156 valence electrons. The fourth-order valence-electron chi connectivity index (χ4n) is 6.14. The molecular weight excluding hydrogens is 343 g/mol. The molecule has 0 nitrogen and oxygen atoms in total. The van der Waals surface area contributed by atoms with E-state index < -0.39 is 0 Å². The summed E-state index contributed by atoms with van der Waals surface area (Å²) in [5.74, 6) is 0.502. The molecule has 0 heterocycles. The van der Waals surface area contributed by atoms with E-state index in [1.807, 2.05) is 6.92 Å². The highest BCUT2D eigenvalue weighted by atomic mass is 19.1. The van der Waals surface area contributed by atoms with Gasteiger partial charge in [0.2, 0.25) is 0 Å². The van der Waals surface area contributed by atoms with Gasteiger partial charge in [-0.25, -0.2) is 4.39 Å². The molecular formula is C27H41F. The molecule has 0 amide bonds. The third-order valence-corrected chi connectivity index (χ3v) is 8.49. The van der Waals surface area contributed by atoms with Crippen LogP contribution < -0.4 is 0 Å². The third-order valence-electron chi connectivity index (χ3n) is 8.49. The second kappa shape index (κ2) is 8.17. The second-order valence-corrected chi connectivity index (χ2v) is 9.80. The normalized spacial score (nSPS) is 29.6. The maximum atomic E-state index is 14.8. The van der Waals surface area contributed by atoms with E-state index in [1.54, 1.807) is 6.07 Å². The van der Waals surface area contributed by atoms with Crippen molar-refractivity contribution in [2.75, 3.05) is 0 Å². The Kier molecular flexibility index (Phi) is 6.68. The van der Waals surface area contributed by atoms with Crippen molar-refractivity contribution in [3.05, 3.63) is 58.9 Å². The van der Waals surface area contributed by atoms with Gasteiger partial charge in [0.1, 0.15) is 5.82 Å². The summed E-state index contributed by atoms with van der Waals surface area (Å²) in [6, 6.07) is 3.95. The fraction of sp³-hybridized carbons (Fsp3) is 0.630. The van der Waals surface area contributed by atoms with Crippen LogP contribution >= 0.6 is 0 Å². The van der Waals surface area contributed by atoms with Crippen molar-refractivity contribution in [2.45, 2.75) is 92.9 Å². The third kappa shape index (κ3) is 3.29. The lowest BCUT2D eigenvalue weighted by atomic mass is 9.79. The monoisotopic (exact) mass is 384 g/mol. The molecule has 0 saturated heterocycles. The molecule has 0 N–H and O–H groups in total. The highest BCUT2D eigenvalue weighted by Crippen LogP contribution is 2.83. The van der Waals surface area contributed by atoms with Crippen molar-refractivity contribution in [1.29, 1.82) is 0 Å². The Morgan fingerprint density at radius 3 is 2.36 bits per heavy atom. The second-order valence-electron chi connectivity index (χ2n) is 9.80. The lowest BCUT2D eigenvalue weighted by Gasteiger charge is -2.25. The van der Waals surface area contributed by atoms with Gasteiger partial charge in [-0.15, -0.1) is 0 Å². The zero-order valence-electron chi connectivity index (χ0n) is 19.5. The van der Waals surface area contributed by atoms with E-state index >= 15 is 0 Å². The van der Waals surface area contributed by atoms with Gasteiger partial charge in [0.25, 0.3) is 0 Å². The molecule has 3 unspecified atom stereocenters. The van der Waals surface area contributed by atoms with Crippen molar-refractivity contribution in [3.63, 3.8) is 0 Å². The molecule has 1 heteroatoms. The SMILES string of the molecule is C=C(CC/C=C\C)CCC1(C)C(C)(c2cc(C)cc(F)c2CC)C1(C)C(C)C. The first kappa shape index (κ1) is 22.9. The van der Waals surface area contributed by atoms with Crippen LogP contribution in [0.25, 0.3) is 0 Å². The minimum absolute atomic E-state index is 0.0179. The van der Waals surface area contributed by atoms with Crippen LogP contribution in [0.3, 0.4) is 0 Å². The highest BCUT2D eigenvalue weighted by molar-refractivity contribution is 5.50. The predicted octanol–water partition coefficient (Wildman–Crippen LogP) is 8.33. The molecule has 0 aromatic heterocycles. The van der Waals surface area contributed by atoms with Crippen LogP contribution in [-0.4, -0.2) is 0 Å². The zero-order valence-corrected chi connectivity index (χ0v) is 19.5. The molecule has 2 rings (SSSR count). The van der Waals surface area contributed by atoms with Crippen molar-refractivity contribution in [1.82, 2.24) is 0 Å². The number of allylic oxidation sites excluding steroid dienone is 3. The first-order valence-corrected chi connectivity index (χ1v) is 11.1. The summed E-state index contributed by atoms with van der Waals surface area (Å²) in [7, 11) is 0. The van der Waals surface area contributed by atoms with E-state index in [2.05, 4.69) is 73.3 Å². The topological polar surface area (TPSA) is 0 Å². The molecule has 0 aliphatic heterocycles. The maximum absolute atomic E-state index is 14.8. The summed E-state index contributed by atoms with van der Waals surface area (Å²) in [6.45, 7) is 22.4. The van der Waals surface area contributed by atoms with E-state index in [9.17, 15) is 4.39 Å². The summed E-state index contributed by atoms with van der Waals surface area (Å²) in [4.78, 5) is 0. The Hall–Kier alpha value is -1.37. The summed E-state index contributed by atoms with van der Waals surface area (Å²) >= 11 is 0. The number of hydrogen-bond acceptors (Lipinski definition) is 0. The number of hydrogen-bond donors (Lipinski definition) is 0. The maximum Gasteiger partial charge on any atom is 0.126 e. The lowest BCUT2D eigenvalue weighted by molar-refractivity contribution is 0.276. The van der Waals surface area contributed by atoms with Crippen LogP contribution in [0.2, 0.25) is 0 Å². The van der Waals surface area contributed by atoms with E-state index in [4.69, 9.17) is 0 Å². The van der Waals surface area contributed by atoms with Crippen molar-refractivity contribution in [2.24, 2.45) is 16.7 Å². The van der Waals surface area contributed by atoms with Gasteiger partial charge in [-0.2, -0.15) is 0 Å². The molecule has 1 aliphatic rings. The summed E-state index contributed by atoms with van der Waals surface area (Å²) < 4.78 is 14.8. The van der Waals surface area contributed by atoms with Gasteiger partial charge in [0.05, 0.1) is 0 Å². The minimum Gasteiger partial charge on any atom is -0.207 e. The fourth-order valence-corrected chi connectivity index (χ4v) is 6.14. The molecule has 1 saturated carbocycles. The molecule has 0 bridgehead atoms. The quantitative estimate of drug-likeness (QED) is 0.375. The average Bonchev–Trinajstić information content (AvgIpc) is 3.03. The molecule has 0 spiro atoms. The Morgan fingerprint density at radius 2 is 1.82 bits per heavy atom. The van der Waals surface area contributed by atoms with Gasteiger partial charge in [-0.3, -0.25) is 0 Å². The largest absolute Gasteiger partial charge is 0.207 e. The Balaban J connectivity index is 2.41. The van der Waals surface area contributed by atoms with Crippen LogP contribution in [0.15, 0.2) is 36.4 Å². The van der Waals surface area contributed by atoms with E-state index in [0.717, 1.165) is 43.2 Å². The predicted molar refractivity (Wildman–Crippen MR) is 121 cm³/mol. The van der Waals surface area contributed by atoms with Crippen molar-refractivity contribution >= 4 is 0 Å². The number of halogens is 1. The standard InChI is InChI=1S/C27H41F/c1-10-12-13-14-20(5)15-16-25(7)26(8,19(3)4)27(25,9)23-17-21(6)18-24(28)22(23)11-2/h10,12,17-19H,5,11,13-16H2,1-4,6-9H3/b12-10-. The number of rotatable bonds is 9. The molecule has 1 aliphatic carbocycles. The Morgan fingerprint density at radius 1 is 1.18 bits per heavy atom. The smallest absolute Gasteiger partial charge is 0.126 e. The van der Waals surface area contributed by atoms with E-state index in [-0.39, 0.29) is 22.1 Å². The molecule has 1 aromatic rings.